The summed E-state index contributed by atoms with van der Waals surface area (Å²) in [5.41, 5.74) is 0.500. The lowest BCUT2D eigenvalue weighted by Crippen LogP contribution is -2.46. The van der Waals surface area contributed by atoms with Crippen molar-refractivity contribution in [3.05, 3.63) is 12.2 Å². The highest BCUT2D eigenvalue weighted by molar-refractivity contribution is 14.1. The van der Waals surface area contributed by atoms with Crippen LogP contribution >= 0.6 is 22.6 Å². The van der Waals surface area contributed by atoms with Crippen LogP contribution in [0.1, 0.15) is 77.0 Å². The number of rotatable bonds is 3. The van der Waals surface area contributed by atoms with Gasteiger partial charge in [0.2, 0.25) is 0 Å². The molecule has 0 aromatic rings. The predicted molar refractivity (Wildman–Crippen MR) is 94.9 cm³/mol. The van der Waals surface area contributed by atoms with Crippen LogP contribution < -0.4 is 0 Å². The van der Waals surface area contributed by atoms with Crippen molar-refractivity contribution in [2.45, 2.75) is 93.9 Å². The van der Waals surface area contributed by atoms with Gasteiger partial charge in [-0.3, -0.25) is 0 Å². The highest BCUT2D eigenvalue weighted by atomic mass is 127. The number of ether oxygens (including phenoxy) is 1. The van der Waals surface area contributed by atoms with Gasteiger partial charge in [0.25, 0.3) is 0 Å². The fourth-order valence-corrected chi connectivity index (χ4v) is 5.76. The zero-order valence-corrected chi connectivity index (χ0v) is 15.3. The second-order valence-electron chi connectivity index (χ2n) is 7.72. The van der Waals surface area contributed by atoms with Gasteiger partial charge in [-0.1, -0.05) is 67.7 Å². The summed E-state index contributed by atoms with van der Waals surface area (Å²) in [5, 5.41) is 11.0. The molecule has 3 fully saturated rings. The third-order valence-corrected chi connectivity index (χ3v) is 7.20. The second-order valence-corrected chi connectivity index (χ2v) is 8.48. The van der Waals surface area contributed by atoms with Crippen molar-refractivity contribution in [2.75, 3.05) is 4.43 Å². The van der Waals surface area contributed by atoms with E-state index in [1.807, 2.05) is 0 Å². The number of hydrogen-bond acceptors (Lipinski definition) is 2. The summed E-state index contributed by atoms with van der Waals surface area (Å²) in [6.45, 7) is 4.38. The van der Waals surface area contributed by atoms with E-state index in [4.69, 9.17) is 4.74 Å². The van der Waals surface area contributed by atoms with Gasteiger partial charge >= 0.3 is 0 Å². The molecule has 2 nitrogen and oxygen atoms in total. The Kier molecular flexibility index (Phi) is 4.74. The minimum atomic E-state index is -0.521. The SMILES string of the molecule is C=C1CC2(CCCCC2)OC1(CI)CC1(O)CCCCC1. The minimum absolute atomic E-state index is 0.0472. The first-order valence-electron chi connectivity index (χ1n) is 8.68. The maximum atomic E-state index is 11.0. The fourth-order valence-electron chi connectivity index (χ4n) is 4.80. The maximum absolute atomic E-state index is 11.0. The molecule has 2 saturated carbocycles. The molecule has 0 aromatic carbocycles. The fraction of sp³-hybridized carbons (Fsp3) is 0.889. The normalized spacial score (nSPS) is 35.2. The van der Waals surface area contributed by atoms with E-state index in [0.717, 1.165) is 43.0 Å². The molecule has 1 saturated heterocycles. The lowest BCUT2D eigenvalue weighted by Gasteiger charge is -2.42. The van der Waals surface area contributed by atoms with Crippen molar-refractivity contribution < 1.29 is 9.84 Å². The molecular formula is C18H29IO2. The molecule has 2 aliphatic carbocycles. The molecule has 1 N–H and O–H groups in total. The topological polar surface area (TPSA) is 29.5 Å². The quantitative estimate of drug-likeness (QED) is 0.411. The van der Waals surface area contributed by atoms with E-state index >= 15 is 0 Å². The van der Waals surface area contributed by atoms with E-state index < -0.39 is 5.60 Å². The molecule has 1 heterocycles. The second kappa shape index (κ2) is 6.12. The Morgan fingerprint density at radius 2 is 1.57 bits per heavy atom. The van der Waals surface area contributed by atoms with Crippen molar-refractivity contribution in [1.29, 1.82) is 0 Å². The lowest BCUT2D eigenvalue weighted by atomic mass is 9.75. The average Bonchev–Trinajstić information content (AvgIpc) is 2.72. The Morgan fingerprint density at radius 1 is 1.00 bits per heavy atom. The molecule has 0 amide bonds. The van der Waals surface area contributed by atoms with Gasteiger partial charge in [-0.15, -0.1) is 0 Å². The van der Waals surface area contributed by atoms with Gasteiger partial charge in [0.05, 0.1) is 11.2 Å². The smallest absolute Gasteiger partial charge is 0.101 e. The van der Waals surface area contributed by atoms with Crippen molar-refractivity contribution in [3.8, 4) is 0 Å². The van der Waals surface area contributed by atoms with Gasteiger partial charge in [-0.05, 0) is 37.7 Å². The summed E-state index contributed by atoms with van der Waals surface area (Å²) >= 11 is 2.44. The predicted octanol–water partition coefficient (Wildman–Crippen LogP) is 4.92. The average molecular weight is 404 g/mol. The summed E-state index contributed by atoms with van der Waals surface area (Å²) in [5.74, 6) is 0. The third kappa shape index (κ3) is 3.20. The van der Waals surface area contributed by atoms with Crippen molar-refractivity contribution in [3.63, 3.8) is 0 Å². The molecule has 21 heavy (non-hydrogen) atoms. The highest BCUT2D eigenvalue weighted by Crippen LogP contribution is 2.53. The zero-order chi connectivity index (χ0) is 15.0. The Hall–Kier alpha value is 0.390. The lowest BCUT2D eigenvalue weighted by molar-refractivity contribution is -0.136. The first kappa shape index (κ1) is 16.3. The van der Waals surface area contributed by atoms with Crippen LogP contribution in [0.5, 0.6) is 0 Å². The molecule has 1 unspecified atom stereocenters. The Labute approximate surface area is 142 Å². The third-order valence-electron chi connectivity index (χ3n) is 5.97. The van der Waals surface area contributed by atoms with E-state index in [1.165, 1.54) is 44.1 Å². The first-order chi connectivity index (χ1) is 10.0. The van der Waals surface area contributed by atoms with Crippen LogP contribution in [0, 0.1) is 0 Å². The molecule has 1 spiro atoms. The Morgan fingerprint density at radius 3 is 2.14 bits per heavy atom. The van der Waals surface area contributed by atoms with Crippen LogP contribution in [0.4, 0.5) is 0 Å². The first-order valence-corrected chi connectivity index (χ1v) is 10.2. The molecule has 1 atom stereocenters. The van der Waals surface area contributed by atoms with Crippen molar-refractivity contribution >= 4 is 22.6 Å². The molecule has 0 radical (unpaired) electrons. The number of hydrogen-bond donors (Lipinski definition) is 1. The summed E-state index contributed by atoms with van der Waals surface area (Å²) < 4.78 is 7.66. The summed E-state index contributed by atoms with van der Waals surface area (Å²) in [6.07, 6.45) is 13.5. The van der Waals surface area contributed by atoms with Gasteiger partial charge in [-0.2, -0.15) is 0 Å². The number of alkyl halides is 1. The van der Waals surface area contributed by atoms with Crippen molar-refractivity contribution in [1.82, 2.24) is 0 Å². The number of halogens is 1. The van der Waals surface area contributed by atoms with Crippen LogP contribution in [0.15, 0.2) is 12.2 Å². The van der Waals surface area contributed by atoms with E-state index in [-0.39, 0.29) is 11.2 Å². The van der Waals surface area contributed by atoms with E-state index in [9.17, 15) is 5.11 Å². The molecular weight excluding hydrogens is 375 g/mol. The largest absolute Gasteiger partial charge is 0.390 e. The molecule has 120 valence electrons. The van der Waals surface area contributed by atoms with E-state index in [2.05, 4.69) is 29.2 Å². The molecule has 0 aromatic heterocycles. The highest BCUT2D eigenvalue weighted by Gasteiger charge is 2.54. The summed E-state index contributed by atoms with van der Waals surface area (Å²) in [6, 6.07) is 0. The monoisotopic (exact) mass is 404 g/mol. The Balaban J connectivity index is 1.78. The standard InChI is InChI=1S/C18H29IO2/c1-15-12-17(10-6-3-7-11-17)21-18(15,14-19)13-16(20)8-4-2-5-9-16/h20H,1-14H2. The van der Waals surface area contributed by atoms with Gasteiger partial charge in [0.1, 0.15) is 5.60 Å². The molecule has 3 heteroatoms. The zero-order valence-electron chi connectivity index (χ0n) is 13.1. The summed E-state index contributed by atoms with van der Waals surface area (Å²) in [4.78, 5) is 0. The van der Waals surface area contributed by atoms with Crippen LogP contribution in [0.2, 0.25) is 0 Å². The molecule has 0 bridgehead atoms. The van der Waals surface area contributed by atoms with Gasteiger partial charge in [0, 0.05) is 10.8 Å². The minimum Gasteiger partial charge on any atom is -0.390 e. The Bertz CT molecular complexity index is 394. The maximum Gasteiger partial charge on any atom is 0.101 e. The van der Waals surface area contributed by atoms with E-state index in [0.29, 0.717) is 0 Å². The van der Waals surface area contributed by atoms with Crippen LogP contribution in [-0.4, -0.2) is 26.3 Å². The molecule has 1 aliphatic heterocycles. The van der Waals surface area contributed by atoms with Gasteiger partial charge < -0.3 is 9.84 Å². The van der Waals surface area contributed by atoms with Gasteiger partial charge in [0.15, 0.2) is 0 Å². The van der Waals surface area contributed by atoms with Crippen LogP contribution in [0.3, 0.4) is 0 Å². The molecule has 3 rings (SSSR count). The number of aliphatic hydroxyl groups is 1. The molecule has 3 aliphatic rings. The van der Waals surface area contributed by atoms with E-state index in [1.54, 1.807) is 0 Å². The van der Waals surface area contributed by atoms with Crippen molar-refractivity contribution in [2.24, 2.45) is 0 Å². The van der Waals surface area contributed by atoms with Gasteiger partial charge in [-0.25, -0.2) is 0 Å². The summed E-state index contributed by atoms with van der Waals surface area (Å²) in [7, 11) is 0. The van der Waals surface area contributed by atoms with Crippen LogP contribution in [-0.2, 0) is 4.74 Å². The van der Waals surface area contributed by atoms with Crippen LogP contribution in [0.25, 0.3) is 0 Å².